The van der Waals surface area contributed by atoms with E-state index in [-0.39, 0.29) is 23.6 Å². The molecule has 2 unspecified atom stereocenters. The maximum Gasteiger partial charge on any atom is 0.433 e. The smallest absolute Gasteiger partial charge is 0.395 e. The van der Waals surface area contributed by atoms with Crippen LogP contribution in [-0.4, -0.2) is 34.9 Å². The van der Waals surface area contributed by atoms with Gasteiger partial charge in [0.2, 0.25) is 0 Å². The van der Waals surface area contributed by atoms with Crippen molar-refractivity contribution in [3.8, 4) is 0 Å². The number of nitrogens with zero attached hydrogens (tertiary/aromatic N) is 2. The van der Waals surface area contributed by atoms with Crippen molar-refractivity contribution < 1.29 is 14.1 Å². The number of rotatable bonds is 3. The molecule has 0 aliphatic carbocycles. The van der Waals surface area contributed by atoms with Gasteiger partial charge in [-0.15, -0.1) is 0 Å². The van der Waals surface area contributed by atoms with E-state index in [1.165, 1.54) is 12.1 Å². The van der Waals surface area contributed by atoms with Gasteiger partial charge in [0.05, 0.1) is 6.07 Å². The van der Waals surface area contributed by atoms with Crippen LogP contribution in [0.4, 0.5) is 5.88 Å². The molecule has 1 aliphatic heterocycles. The van der Waals surface area contributed by atoms with Crippen LogP contribution in [-0.2, 0) is 0 Å². The van der Waals surface area contributed by atoms with Gasteiger partial charge in [0.15, 0.2) is 5.76 Å². The number of hydrogen-bond donors (Lipinski definition) is 1. The van der Waals surface area contributed by atoms with Crippen molar-refractivity contribution in [2.45, 2.75) is 25.8 Å². The predicted octanol–water partition coefficient (Wildman–Crippen LogP) is 1.39. The zero-order valence-corrected chi connectivity index (χ0v) is 10.7. The van der Waals surface area contributed by atoms with Crippen molar-refractivity contribution in [1.82, 2.24) is 4.90 Å². The third-order valence-electron chi connectivity index (χ3n) is 3.47. The summed E-state index contributed by atoms with van der Waals surface area (Å²) in [6.45, 7) is 3.14. The Labute approximate surface area is 110 Å². The van der Waals surface area contributed by atoms with E-state index < -0.39 is 10.8 Å². The van der Waals surface area contributed by atoms with Crippen LogP contribution in [0.2, 0.25) is 0 Å². The Morgan fingerprint density at radius 1 is 1.63 bits per heavy atom. The van der Waals surface area contributed by atoms with Crippen LogP contribution in [0.3, 0.4) is 0 Å². The van der Waals surface area contributed by atoms with Gasteiger partial charge in [-0.2, -0.15) is 0 Å². The average Bonchev–Trinajstić information content (AvgIpc) is 2.87. The molecule has 0 saturated carbocycles. The number of hydrogen-bond acceptors (Lipinski definition) is 5. The summed E-state index contributed by atoms with van der Waals surface area (Å²) in [5.41, 5.74) is 5.86. The number of nitro groups is 1. The molecule has 0 bridgehead atoms. The highest BCUT2D eigenvalue weighted by Crippen LogP contribution is 2.22. The third-order valence-corrected chi connectivity index (χ3v) is 3.47. The number of carbonyl (C=O) groups excluding carboxylic acids is 1. The fourth-order valence-corrected chi connectivity index (χ4v) is 2.32. The second-order valence-electron chi connectivity index (χ2n) is 4.91. The van der Waals surface area contributed by atoms with Crippen molar-refractivity contribution >= 4 is 11.8 Å². The molecule has 0 spiro atoms. The third kappa shape index (κ3) is 2.93. The summed E-state index contributed by atoms with van der Waals surface area (Å²) in [5.74, 6) is -0.442. The van der Waals surface area contributed by atoms with Crippen LogP contribution in [0, 0.1) is 16.0 Å². The molecular weight excluding hydrogens is 250 g/mol. The van der Waals surface area contributed by atoms with Crippen molar-refractivity contribution in [2.75, 3.05) is 13.1 Å². The van der Waals surface area contributed by atoms with Gasteiger partial charge in [-0.1, -0.05) is 0 Å². The van der Waals surface area contributed by atoms with Crippen molar-refractivity contribution in [1.29, 1.82) is 0 Å². The summed E-state index contributed by atoms with van der Waals surface area (Å²) in [5, 5.41) is 10.5. The first-order valence-corrected chi connectivity index (χ1v) is 6.28. The van der Waals surface area contributed by atoms with Crippen molar-refractivity contribution in [2.24, 2.45) is 11.7 Å². The Morgan fingerprint density at radius 2 is 2.37 bits per heavy atom. The molecule has 1 fully saturated rings. The van der Waals surface area contributed by atoms with Crippen LogP contribution >= 0.6 is 0 Å². The van der Waals surface area contributed by atoms with E-state index in [0.717, 1.165) is 12.8 Å². The SMILES string of the molecule is CC(N)C1CCCN(C(=O)c2ccc([N+](=O)[O-])o2)C1. The molecule has 2 N–H and O–H groups in total. The van der Waals surface area contributed by atoms with Gasteiger partial charge >= 0.3 is 5.88 Å². The van der Waals surface area contributed by atoms with Crippen LogP contribution < -0.4 is 5.73 Å². The Balaban J connectivity index is 2.08. The lowest BCUT2D eigenvalue weighted by Gasteiger charge is -2.34. The lowest BCUT2D eigenvalue weighted by atomic mass is 9.92. The molecule has 7 nitrogen and oxygen atoms in total. The lowest BCUT2D eigenvalue weighted by molar-refractivity contribution is -0.402. The van der Waals surface area contributed by atoms with E-state index in [9.17, 15) is 14.9 Å². The van der Waals surface area contributed by atoms with Crippen LogP contribution in [0.1, 0.15) is 30.3 Å². The number of piperidine rings is 1. The first kappa shape index (κ1) is 13.5. The van der Waals surface area contributed by atoms with Crippen LogP contribution in [0.15, 0.2) is 16.5 Å². The molecule has 0 radical (unpaired) electrons. The van der Waals surface area contributed by atoms with E-state index in [1.54, 1.807) is 4.90 Å². The first-order valence-electron chi connectivity index (χ1n) is 6.28. The van der Waals surface area contributed by atoms with Gasteiger partial charge in [-0.05, 0) is 31.7 Å². The van der Waals surface area contributed by atoms with Gasteiger partial charge in [0, 0.05) is 19.1 Å². The zero-order chi connectivity index (χ0) is 14.0. The minimum atomic E-state index is -0.655. The number of furan rings is 1. The second-order valence-corrected chi connectivity index (χ2v) is 4.91. The van der Waals surface area contributed by atoms with Gasteiger partial charge in [0.25, 0.3) is 5.91 Å². The quantitative estimate of drug-likeness (QED) is 0.658. The molecule has 0 aromatic carbocycles. The zero-order valence-electron chi connectivity index (χ0n) is 10.7. The minimum Gasteiger partial charge on any atom is -0.395 e. The van der Waals surface area contributed by atoms with E-state index in [2.05, 4.69) is 0 Å². The fraction of sp³-hybridized carbons (Fsp3) is 0.583. The molecule has 7 heteroatoms. The standard InChI is InChI=1S/C12H17N3O4/c1-8(13)9-3-2-6-14(7-9)12(16)10-4-5-11(19-10)15(17)18/h4-5,8-9H,2-3,6-7,13H2,1H3. The highest BCUT2D eigenvalue weighted by atomic mass is 16.6. The molecule has 104 valence electrons. The predicted molar refractivity (Wildman–Crippen MR) is 67.6 cm³/mol. The average molecular weight is 267 g/mol. The molecule has 1 aromatic heterocycles. The maximum atomic E-state index is 12.2. The summed E-state index contributed by atoms with van der Waals surface area (Å²) < 4.78 is 4.93. The van der Waals surface area contributed by atoms with Gasteiger partial charge in [-0.3, -0.25) is 14.9 Å². The highest BCUT2D eigenvalue weighted by Gasteiger charge is 2.28. The minimum absolute atomic E-state index is 0.0111. The molecule has 1 saturated heterocycles. The summed E-state index contributed by atoms with van der Waals surface area (Å²) >= 11 is 0. The van der Waals surface area contributed by atoms with Crippen LogP contribution in [0.25, 0.3) is 0 Å². The molecule has 1 aromatic rings. The molecule has 2 heterocycles. The molecule has 1 aliphatic rings. The second kappa shape index (κ2) is 5.40. The Morgan fingerprint density at radius 3 is 2.95 bits per heavy atom. The highest BCUT2D eigenvalue weighted by molar-refractivity contribution is 5.91. The Bertz CT molecular complexity index is 483. The Kier molecular flexibility index (Phi) is 3.84. The molecule has 2 rings (SSSR count). The Hall–Kier alpha value is -1.89. The number of amides is 1. The number of likely N-dealkylation sites (tertiary alicyclic amines) is 1. The summed E-state index contributed by atoms with van der Waals surface area (Å²) in [6.07, 6.45) is 1.89. The van der Waals surface area contributed by atoms with Crippen molar-refractivity contribution in [3.05, 3.63) is 28.0 Å². The van der Waals surface area contributed by atoms with E-state index in [1.807, 2.05) is 6.92 Å². The van der Waals surface area contributed by atoms with Gasteiger partial charge in [-0.25, -0.2) is 0 Å². The number of nitrogens with two attached hydrogens (primary N) is 1. The van der Waals surface area contributed by atoms with Crippen molar-refractivity contribution in [3.63, 3.8) is 0 Å². The van der Waals surface area contributed by atoms with E-state index in [0.29, 0.717) is 13.1 Å². The monoisotopic (exact) mass is 267 g/mol. The molecule has 1 amide bonds. The first-order chi connectivity index (χ1) is 8.99. The largest absolute Gasteiger partial charge is 0.433 e. The van der Waals surface area contributed by atoms with Gasteiger partial charge in [0.1, 0.15) is 4.92 Å². The molecule has 2 atom stereocenters. The maximum absolute atomic E-state index is 12.2. The van der Waals surface area contributed by atoms with E-state index in [4.69, 9.17) is 10.2 Å². The topological polar surface area (TPSA) is 103 Å². The summed E-state index contributed by atoms with van der Waals surface area (Å²) in [4.78, 5) is 23.7. The summed E-state index contributed by atoms with van der Waals surface area (Å²) in [6, 6.07) is 2.57. The normalized spacial score (nSPS) is 21.2. The lowest BCUT2D eigenvalue weighted by Crippen LogP contribution is -2.44. The molecule has 19 heavy (non-hydrogen) atoms. The number of carbonyl (C=O) groups is 1. The van der Waals surface area contributed by atoms with Gasteiger partial charge < -0.3 is 15.1 Å². The fourth-order valence-electron chi connectivity index (χ4n) is 2.32. The van der Waals surface area contributed by atoms with E-state index >= 15 is 0 Å². The summed E-state index contributed by atoms with van der Waals surface area (Å²) in [7, 11) is 0. The molecular formula is C12H17N3O4. The van der Waals surface area contributed by atoms with Crippen LogP contribution in [0.5, 0.6) is 0 Å².